The third-order valence-corrected chi connectivity index (χ3v) is 4.95. The summed E-state index contributed by atoms with van der Waals surface area (Å²) in [5.74, 6) is 0.714. The Bertz CT molecular complexity index is 959. The standard InChI is InChI=1S/C23H26BrN3O2/c1-23(2,3)19-7-9-21(10-8-19)29-16-17-5-4-6-18(13-17)22(28)25-11-12-27-15-20(24)14-26-27/h4-10,13-15H,11-12,16H2,1-3H3,(H,25,28). The van der Waals surface area contributed by atoms with E-state index in [9.17, 15) is 4.79 Å². The van der Waals surface area contributed by atoms with Crippen LogP contribution in [0.15, 0.2) is 65.4 Å². The molecule has 1 aromatic heterocycles. The Morgan fingerprint density at radius 2 is 1.93 bits per heavy atom. The molecule has 0 saturated carbocycles. The highest BCUT2D eigenvalue weighted by molar-refractivity contribution is 9.10. The average Bonchev–Trinajstić information content (AvgIpc) is 3.11. The molecule has 0 aliphatic heterocycles. The number of benzene rings is 2. The van der Waals surface area contributed by atoms with Crippen LogP contribution in [0, 0.1) is 0 Å². The van der Waals surface area contributed by atoms with Crippen molar-refractivity contribution in [3.8, 4) is 5.75 Å². The second-order valence-electron chi connectivity index (χ2n) is 7.94. The molecule has 3 rings (SSSR count). The molecule has 29 heavy (non-hydrogen) atoms. The average molecular weight is 456 g/mol. The first kappa shape index (κ1) is 21.1. The van der Waals surface area contributed by atoms with E-state index in [1.165, 1.54) is 5.56 Å². The first-order valence-corrected chi connectivity index (χ1v) is 10.4. The van der Waals surface area contributed by atoms with Gasteiger partial charge in [-0.25, -0.2) is 0 Å². The minimum absolute atomic E-state index is 0.104. The fraction of sp³-hybridized carbons (Fsp3) is 0.304. The van der Waals surface area contributed by atoms with Crippen molar-refractivity contribution < 1.29 is 9.53 Å². The summed E-state index contributed by atoms with van der Waals surface area (Å²) in [7, 11) is 0. The maximum Gasteiger partial charge on any atom is 0.251 e. The molecule has 3 aromatic rings. The molecule has 0 atom stereocenters. The van der Waals surface area contributed by atoms with E-state index in [2.05, 4.69) is 59.2 Å². The van der Waals surface area contributed by atoms with Crippen molar-refractivity contribution in [2.24, 2.45) is 0 Å². The van der Waals surface area contributed by atoms with Crippen molar-refractivity contribution in [1.29, 1.82) is 0 Å². The monoisotopic (exact) mass is 455 g/mol. The van der Waals surface area contributed by atoms with Gasteiger partial charge in [0.15, 0.2) is 0 Å². The highest BCUT2D eigenvalue weighted by Gasteiger charge is 2.13. The molecule has 0 fully saturated rings. The number of hydrogen-bond donors (Lipinski definition) is 1. The predicted octanol–water partition coefficient (Wildman–Crippen LogP) is 4.95. The van der Waals surface area contributed by atoms with Crippen LogP contribution in [0.5, 0.6) is 5.75 Å². The van der Waals surface area contributed by atoms with Gasteiger partial charge in [0.05, 0.1) is 17.2 Å². The summed E-state index contributed by atoms with van der Waals surface area (Å²) >= 11 is 3.36. The van der Waals surface area contributed by atoms with Crippen LogP contribution in [0.4, 0.5) is 0 Å². The quantitative estimate of drug-likeness (QED) is 0.547. The van der Waals surface area contributed by atoms with Crippen LogP contribution < -0.4 is 10.1 Å². The van der Waals surface area contributed by atoms with Crippen LogP contribution >= 0.6 is 15.9 Å². The van der Waals surface area contributed by atoms with Crippen LogP contribution in [0.2, 0.25) is 0 Å². The topological polar surface area (TPSA) is 56.1 Å². The minimum Gasteiger partial charge on any atom is -0.489 e. The van der Waals surface area contributed by atoms with E-state index in [1.54, 1.807) is 10.9 Å². The molecule has 0 unspecified atom stereocenters. The molecule has 0 saturated heterocycles. The van der Waals surface area contributed by atoms with Crippen LogP contribution in [0.1, 0.15) is 42.3 Å². The molecule has 1 heterocycles. The summed E-state index contributed by atoms with van der Waals surface area (Å²) in [6.45, 7) is 8.10. The lowest BCUT2D eigenvalue weighted by Gasteiger charge is -2.19. The molecule has 0 radical (unpaired) electrons. The molecule has 0 aliphatic rings. The van der Waals surface area contributed by atoms with Gasteiger partial charge in [-0.2, -0.15) is 5.10 Å². The minimum atomic E-state index is -0.104. The molecular weight excluding hydrogens is 430 g/mol. The smallest absolute Gasteiger partial charge is 0.251 e. The van der Waals surface area contributed by atoms with Crippen molar-refractivity contribution in [3.63, 3.8) is 0 Å². The molecule has 0 aliphatic carbocycles. The molecule has 1 amide bonds. The Balaban J connectivity index is 1.52. The summed E-state index contributed by atoms with van der Waals surface area (Å²) in [5, 5.41) is 7.10. The third kappa shape index (κ3) is 6.19. The predicted molar refractivity (Wildman–Crippen MR) is 118 cm³/mol. The lowest BCUT2D eigenvalue weighted by atomic mass is 9.87. The molecule has 2 aromatic carbocycles. The fourth-order valence-electron chi connectivity index (χ4n) is 2.87. The zero-order valence-corrected chi connectivity index (χ0v) is 18.6. The Labute approximate surface area is 180 Å². The third-order valence-electron chi connectivity index (χ3n) is 4.54. The van der Waals surface area contributed by atoms with E-state index < -0.39 is 0 Å². The number of halogens is 1. The van der Waals surface area contributed by atoms with E-state index in [4.69, 9.17) is 4.74 Å². The lowest BCUT2D eigenvalue weighted by molar-refractivity contribution is 0.0951. The number of carbonyl (C=O) groups is 1. The number of hydrogen-bond acceptors (Lipinski definition) is 3. The van der Waals surface area contributed by atoms with E-state index in [1.807, 2.05) is 42.6 Å². The van der Waals surface area contributed by atoms with E-state index >= 15 is 0 Å². The fourth-order valence-corrected chi connectivity index (χ4v) is 3.19. The van der Waals surface area contributed by atoms with Gasteiger partial charge in [-0.3, -0.25) is 9.48 Å². The maximum absolute atomic E-state index is 12.4. The van der Waals surface area contributed by atoms with Gasteiger partial charge < -0.3 is 10.1 Å². The normalized spacial score (nSPS) is 11.3. The molecule has 5 nitrogen and oxygen atoms in total. The van der Waals surface area contributed by atoms with Gasteiger partial charge >= 0.3 is 0 Å². The van der Waals surface area contributed by atoms with Crippen LogP contribution in [0.25, 0.3) is 0 Å². The van der Waals surface area contributed by atoms with E-state index in [-0.39, 0.29) is 11.3 Å². The summed E-state index contributed by atoms with van der Waals surface area (Å²) in [6.07, 6.45) is 3.60. The van der Waals surface area contributed by atoms with Gasteiger partial charge in [0.2, 0.25) is 0 Å². The van der Waals surface area contributed by atoms with Gasteiger partial charge in [-0.05, 0) is 56.7 Å². The summed E-state index contributed by atoms with van der Waals surface area (Å²) < 4.78 is 8.59. The zero-order chi connectivity index (χ0) is 20.9. The SMILES string of the molecule is CC(C)(C)c1ccc(OCc2cccc(C(=O)NCCn3cc(Br)cn3)c2)cc1. The van der Waals surface area contributed by atoms with Crippen molar-refractivity contribution in [1.82, 2.24) is 15.1 Å². The Kier molecular flexibility index (Phi) is 6.75. The van der Waals surface area contributed by atoms with Crippen LogP contribution in [-0.4, -0.2) is 22.2 Å². The second kappa shape index (κ2) is 9.27. The van der Waals surface area contributed by atoms with Crippen molar-refractivity contribution in [2.75, 3.05) is 6.54 Å². The number of nitrogens with one attached hydrogen (secondary N) is 1. The highest BCUT2D eigenvalue weighted by atomic mass is 79.9. The van der Waals surface area contributed by atoms with Crippen LogP contribution in [0.3, 0.4) is 0 Å². The highest BCUT2D eigenvalue weighted by Crippen LogP contribution is 2.24. The Hall–Kier alpha value is -2.60. The number of amides is 1. The van der Waals surface area contributed by atoms with Gasteiger partial charge in [0, 0.05) is 18.3 Å². The Morgan fingerprint density at radius 1 is 1.17 bits per heavy atom. The number of rotatable bonds is 7. The first-order chi connectivity index (χ1) is 13.8. The first-order valence-electron chi connectivity index (χ1n) is 9.60. The number of aromatic nitrogens is 2. The van der Waals surface area contributed by atoms with E-state index in [0.29, 0.717) is 25.3 Å². The molecule has 0 spiro atoms. The molecule has 0 bridgehead atoms. The van der Waals surface area contributed by atoms with Gasteiger partial charge in [0.1, 0.15) is 12.4 Å². The number of carbonyl (C=O) groups excluding carboxylic acids is 1. The maximum atomic E-state index is 12.4. The van der Waals surface area contributed by atoms with E-state index in [0.717, 1.165) is 15.8 Å². The molecule has 6 heteroatoms. The summed E-state index contributed by atoms with van der Waals surface area (Å²) in [5.41, 5.74) is 2.96. The summed E-state index contributed by atoms with van der Waals surface area (Å²) in [6, 6.07) is 15.7. The molecule has 152 valence electrons. The zero-order valence-electron chi connectivity index (χ0n) is 17.0. The van der Waals surface area contributed by atoms with Crippen molar-refractivity contribution >= 4 is 21.8 Å². The van der Waals surface area contributed by atoms with Crippen molar-refractivity contribution in [3.05, 3.63) is 82.1 Å². The van der Waals surface area contributed by atoms with Crippen molar-refractivity contribution in [2.45, 2.75) is 39.3 Å². The Morgan fingerprint density at radius 3 is 2.59 bits per heavy atom. The molecular formula is C23H26BrN3O2. The van der Waals surface area contributed by atoms with Gasteiger partial charge in [0.25, 0.3) is 5.91 Å². The number of ether oxygens (including phenoxy) is 1. The molecule has 1 N–H and O–H groups in total. The largest absolute Gasteiger partial charge is 0.489 e. The van der Waals surface area contributed by atoms with Gasteiger partial charge in [-0.1, -0.05) is 45.0 Å². The van der Waals surface area contributed by atoms with Crippen LogP contribution in [-0.2, 0) is 18.6 Å². The summed E-state index contributed by atoms with van der Waals surface area (Å²) in [4.78, 5) is 12.4. The number of nitrogens with zero attached hydrogens (tertiary/aromatic N) is 2. The van der Waals surface area contributed by atoms with Gasteiger partial charge in [-0.15, -0.1) is 0 Å². The lowest BCUT2D eigenvalue weighted by Crippen LogP contribution is -2.27. The second-order valence-corrected chi connectivity index (χ2v) is 8.86.